The summed E-state index contributed by atoms with van der Waals surface area (Å²) in [4.78, 5) is -0.105. The highest BCUT2D eigenvalue weighted by molar-refractivity contribution is 7.92. The molecule has 0 saturated carbocycles. The van der Waals surface area contributed by atoms with Gasteiger partial charge in [0.1, 0.15) is 11.0 Å². The molecule has 104 valence electrons. The fourth-order valence-electron chi connectivity index (χ4n) is 1.66. The SMILES string of the molecule is CCn1cc(S(=O)(=O)Nc2ccccc2C#N)c(N)n1. The van der Waals surface area contributed by atoms with Crippen LogP contribution in [0.4, 0.5) is 11.5 Å². The van der Waals surface area contributed by atoms with Gasteiger partial charge in [0, 0.05) is 12.7 Å². The number of sulfonamides is 1. The van der Waals surface area contributed by atoms with Gasteiger partial charge in [-0.1, -0.05) is 12.1 Å². The Balaban J connectivity index is 2.41. The molecule has 0 radical (unpaired) electrons. The van der Waals surface area contributed by atoms with Crippen LogP contribution in [0.2, 0.25) is 0 Å². The van der Waals surface area contributed by atoms with E-state index in [2.05, 4.69) is 9.82 Å². The maximum absolute atomic E-state index is 12.3. The normalized spacial score (nSPS) is 11.0. The van der Waals surface area contributed by atoms with Crippen molar-refractivity contribution in [2.45, 2.75) is 18.4 Å². The van der Waals surface area contributed by atoms with Gasteiger partial charge >= 0.3 is 0 Å². The summed E-state index contributed by atoms with van der Waals surface area (Å²) in [7, 11) is -3.88. The van der Waals surface area contributed by atoms with Crippen molar-refractivity contribution in [3.63, 3.8) is 0 Å². The Kier molecular flexibility index (Phi) is 3.63. The molecule has 0 aliphatic heterocycles. The van der Waals surface area contributed by atoms with Crippen molar-refractivity contribution in [3.8, 4) is 6.07 Å². The third kappa shape index (κ3) is 2.57. The van der Waals surface area contributed by atoms with Crippen molar-refractivity contribution in [1.82, 2.24) is 9.78 Å². The van der Waals surface area contributed by atoms with Gasteiger partial charge < -0.3 is 5.73 Å². The number of rotatable bonds is 4. The molecule has 0 aliphatic carbocycles. The number of anilines is 2. The Labute approximate surface area is 116 Å². The summed E-state index contributed by atoms with van der Waals surface area (Å²) >= 11 is 0. The van der Waals surface area contributed by atoms with Gasteiger partial charge in [-0.25, -0.2) is 8.42 Å². The number of nitrogens with two attached hydrogens (primary N) is 1. The average molecular weight is 291 g/mol. The second-order valence-corrected chi connectivity index (χ2v) is 5.65. The number of nitriles is 1. The predicted octanol–water partition coefficient (Wildman–Crippen LogP) is 1.16. The van der Waals surface area contributed by atoms with Crippen molar-refractivity contribution in [2.24, 2.45) is 0 Å². The molecule has 0 atom stereocenters. The van der Waals surface area contributed by atoms with Crippen LogP contribution in [-0.2, 0) is 16.6 Å². The second-order valence-electron chi connectivity index (χ2n) is 4.00. The zero-order valence-corrected chi connectivity index (χ0v) is 11.6. The van der Waals surface area contributed by atoms with Crippen LogP contribution in [-0.4, -0.2) is 18.2 Å². The molecule has 0 unspecified atom stereocenters. The van der Waals surface area contributed by atoms with Crippen LogP contribution in [0.15, 0.2) is 35.4 Å². The van der Waals surface area contributed by atoms with Gasteiger partial charge in [0.15, 0.2) is 5.82 Å². The van der Waals surface area contributed by atoms with E-state index in [0.717, 1.165) is 0 Å². The number of para-hydroxylation sites is 1. The first kappa shape index (κ1) is 13.9. The highest BCUT2D eigenvalue weighted by atomic mass is 32.2. The molecule has 0 aliphatic rings. The maximum atomic E-state index is 12.3. The molecular formula is C12H13N5O2S. The van der Waals surface area contributed by atoms with Crippen molar-refractivity contribution in [1.29, 1.82) is 5.26 Å². The van der Waals surface area contributed by atoms with Crippen LogP contribution in [0.3, 0.4) is 0 Å². The molecule has 0 fully saturated rings. The minimum Gasteiger partial charge on any atom is -0.381 e. The number of hydrogen-bond acceptors (Lipinski definition) is 5. The fourth-order valence-corrected chi connectivity index (χ4v) is 2.81. The quantitative estimate of drug-likeness (QED) is 0.877. The molecule has 0 spiro atoms. The highest BCUT2D eigenvalue weighted by Crippen LogP contribution is 2.22. The first-order valence-corrected chi connectivity index (χ1v) is 7.31. The van der Waals surface area contributed by atoms with Crippen molar-refractivity contribution >= 4 is 21.5 Å². The molecule has 2 aromatic rings. The van der Waals surface area contributed by atoms with Gasteiger partial charge in [0.2, 0.25) is 0 Å². The molecule has 0 amide bonds. The summed E-state index contributed by atoms with van der Waals surface area (Å²) in [5.74, 6) is -0.0752. The highest BCUT2D eigenvalue weighted by Gasteiger charge is 2.22. The maximum Gasteiger partial charge on any atom is 0.267 e. The van der Waals surface area contributed by atoms with Gasteiger partial charge in [0.25, 0.3) is 10.0 Å². The number of nitrogens with zero attached hydrogens (tertiary/aromatic N) is 3. The van der Waals surface area contributed by atoms with Crippen LogP contribution in [0.25, 0.3) is 0 Å². The molecule has 1 heterocycles. The number of benzene rings is 1. The number of hydrogen-bond donors (Lipinski definition) is 2. The van der Waals surface area contributed by atoms with E-state index in [1.54, 1.807) is 12.1 Å². The fraction of sp³-hybridized carbons (Fsp3) is 0.167. The largest absolute Gasteiger partial charge is 0.381 e. The van der Waals surface area contributed by atoms with Crippen molar-refractivity contribution < 1.29 is 8.42 Å². The molecule has 0 bridgehead atoms. The number of aryl methyl sites for hydroxylation is 1. The lowest BCUT2D eigenvalue weighted by atomic mass is 10.2. The minimum absolute atomic E-state index is 0.0752. The van der Waals surface area contributed by atoms with Gasteiger partial charge in [0.05, 0.1) is 11.3 Å². The molecule has 1 aromatic heterocycles. The van der Waals surface area contributed by atoms with Gasteiger partial charge in [-0.2, -0.15) is 10.4 Å². The molecule has 1 aromatic carbocycles. The third-order valence-corrected chi connectivity index (χ3v) is 4.04. The first-order valence-electron chi connectivity index (χ1n) is 5.83. The van der Waals surface area contributed by atoms with E-state index >= 15 is 0 Å². The van der Waals surface area contributed by atoms with E-state index < -0.39 is 10.0 Å². The van der Waals surface area contributed by atoms with Crippen LogP contribution in [0.1, 0.15) is 12.5 Å². The topological polar surface area (TPSA) is 114 Å². The first-order chi connectivity index (χ1) is 9.47. The summed E-state index contributed by atoms with van der Waals surface area (Å²) in [6.07, 6.45) is 1.35. The lowest BCUT2D eigenvalue weighted by Gasteiger charge is -2.07. The standard InChI is InChI=1S/C12H13N5O2S/c1-2-17-8-11(12(14)15-17)20(18,19)16-10-6-4-3-5-9(10)7-13/h3-6,8,16H,2H2,1H3,(H2,14,15). The van der Waals surface area contributed by atoms with E-state index in [1.807, 2.05) is 13.0 Å². The monoisotopic (exact) mass is 291 g/mol. The molecular weight excluding hydrogens is 278 g/mol. The predicted molar refractivity (Wildman–Crippen MR) is 74.3 cm³/mol. The van der Waals surface area contributed by atoms with Crippen LogP contribution >= 0.6 is 0 Å². The van der Waals surface area contributed by atoms with Gasteiger partial charge in [-0.05, 0) is 19.1 Å². The Morgan fingerprint density at radius 2 is 2.15 bits per heavy atom. The number of aromatic nitrogens is 2. The third-order valence-electron chi connectivity index (χ3n) is 2.66. The number of nitrogen functional groups attached to an aromatic ring is 1. The van der Waals surface area contributed by atoms with E-state index in [0.29, 0.717) is 6.54 Å². The molecule has 0 saturated heterocycles. The Morgan fingerprint density at radius 1 is 1.45 bits per heavy atom. The summed E-state index contributed by atoms with van der Waals surface area (Å²) in [6.45, 7) is 2.33. The summed E-state index contributed by atoms with van der Waals surface area (Å²) in [6, 6.07) is 8.25. The summed E-state index contributed by atoms with van der Waals surface area (Å²) in [5, 5.41) is 12.8. The average Bonchev–Trinajstić information content (AvgIpc) is 2.81. The van der Waals surface area contributed by atoms with E-state index in [-0.39, 0.29) is 22.0 Å². The van der Waals surface area contributed by atoms with Crippen LogP contribution in [0, 0.1) is 11.3 Å². The lowest BCUT2D eigenvalue weighted by molar-refractivity contribution is 0.600. The lowest BCUT2D eigenvalue weighted by Crippen LogP contribution is -2.14. The Hall–Kier alpha value is -2.53. The van der Waals surface area contributed by atoms with E-state index in [4.69, 9.17) is 11.0 Å². The number of nitrogens with one attached hydrogen (secondary N) is 1. The van der Waals surface area contributed by atoms with Gasteiger partial charge in [-0.15, -0.1) is 0 Å². The van der Waals surface area contributed by atoms with E-state index in [1.165, 1.54) is 23.0 Å². The molecule has 2 rings (SSSR count). The molecule has 7 nitrogen and oxygen atoms in total. The molecule has 3 N–H and O–H groups in total. The Bertz CT molecular complexity index is 773. The second kappa shape index (κ2) is 5.22. The summed E-state index contributed by atoms with van der Waals surface area (Å²) in [5.41, 5.74) is 6.05. The van der Waals surface area contributed by atoms with Crippen molar-refractivity contribution in [3.05, 3.63) is 36.0 Å². The summed E-state index contributed by atoms with van der Waals surface area (Å²) < 4.78 is 28.3. The zero-order chi connectivity index (χ0) is 14.8. The van der Waals surface area contributed by atoms with Gasteiger partial charge in [-0.3, -0.25) is 9.40 Å². The smallest absolute Gasteiger partial charge is 0.267 e. The molecule has 8 heteroatoms. The van der Waals surface area contributed by atoms with E-state index in [9.17, 15) is 8.42 Å². The Morgan fingerprint density at radius 3 is 2.75 bits per heavy atom. The van der Waals surface area contributed by atoms with Crippen LogP contribution < -0.4 is 10.5 Å². The van der Waals surface area contributed by atoms with Crippen molar-refractivity contribution in [2.75, 3.05) is 10.5 Å². The zero-order valence-electron chi connectivity index (χ0n) is 10.7. The molecule has 20 heavy (non-hydrogen) atoms. The minimum atomic E-state index is -3.88. The van der Waals surface area contributed by atoms with Crippen LogP contribution in [0.5, 0.6) is 0 Å².